The molecule has 0 bridgehead atoms. The Labute approximate surface area is 165 Å². The Kier molecular flexibility index (Phi) is 4.90. The second kappa shape index (κ2) is 7.20. The number of fused-ring (bicyclic) bond motifs is 1. The molecule has 0 spiro atoms. The molecule has 0 aliphatic carbocycles. The van der Waals surface area contributed by atoms with Crippen LogP contribution in [0.1, 0.15) is 11.4 Å². The molecule has 2 aromatic heterocycles. The number of likely N-dealkylation sites (tertiary alicyclic amines) is 1. The van der Waals surface area contributed by atoms with Gasteiger partial charge in [-0.1, -0.05) is 0 Å². The molecule has 0 amide bonds. The average Bonchev–Trinajstić information content (AvgIpc) is 3.07. The van der Waals surface area contributed by atoms with E-state index in [1.807, 2.05) is 24.1 Å². The van der Waals surface area contributed by atoms with Gasteiger partial charge in [0.2, 0.25) is 5.95 Å². The first-order chi connectivity index (χ1) is 12.9. The van der Waals surface area contributed by atoms with Gasteiger partial charge >= 0.3 is 0 Å². The van der Waals surface area contributed by atoms with Crippen LogP contribution in [0.3, 0.4) is 0 Å². The predicted octanol–water partition coefficient (Wildman–Crippen LogP) is 2.32. The van der Waals surface area contributed by atoms with Gasteiger partial charge in [-0.3, -0.25) is 4.90 Å². The summed E-state index contributed by atoms with van der Waals surface area (Å²) in [6, 6.07) is 8.02. The van der Waals surface area contributed by atoms with E-state index < -0.39 is 12.2 Å². The van der Waals surface area contributed by atoms with Gasteiger partial charge < -0.3 is 20.1 Å². The van der Waals surface area contributed by atoms with Gasteiger partial charge in [-0.25, -0.2) is 9.97 Å². The zero-order valence-electron chi connectivity index (χ0n) is 15.2. The van der Waals surface area contributed by atoms with Crippen molar-refractivity contribution >= 4 is 38.5 Å². The lowest BCUT2D eigenvalue weighted by atomic mass is 10.2. The summed E-state index contributed by atoms with van der Waals surface area (Å²) in [5.41, 5.74) is 4.09. The molecule has 1 aliphatic rings. The van der Waals surface area contributed by atoms with Crippen molar-refractivity contribution in [3.8, 4) is 0 Å². The van der Waals surface area contributed by atoms with Crippen LogP contribution in [0.2, 0.25) is 0 Å². The molecule has 2 unspecified atom stereocenters. The van der Waals surface area contributed by atoms with E-state index in [9.17, 15) is 10.2 Å². The lowest BCUT2D eigenvalue weighted by molar-refractivity contribution is 0.0572. The molecule has 0 saturated carbocycles. The predicted molar refractivity (Wildman–Crippen MR) is 108 cm³/mol. The quantitative estimate of drug-likeness (QED) is 0.587. The molecule has 2 atom stereocenters. The highest BCUT2D eigenvalue weighted by atomic mass is 79.9. The number of nitrogens with zero attached hydrogens (tertiary/aromatic N) is 4. The highest BCUT2D eigenvalue weighted by Gasteiger charge is 2.29. The zero-order valence-corrected chi connectivity index (χ0v) is 16.8. The summed E-state index contributed by atoms with van der Waals surface area (Å²) in [7, 11) is 2.05. The molecule has 3 heterocycles. The van der Waals surface area contributed by atoms with E-state index >= 15 is 0 Å². The molecule has 1 fully saturated rings. The number of hydrogen-bond acceptors (Lipinski definition) is 6. The third-order valence-corrected chi connectivity index (χ3v) is 6.11. The third-order valence-electron chi connectivity index (χ3n) is 5.10. The van der Waals surface area contributed by atoms with Crippen LogP contribution in [-0.4, -0.2) is 54.9 Å². The largest absolute Gasteiger partial charge is 0.389 e. The average molecular weight is 432 g/mol. The van der Waals surface area contributed by atoms with E-state index in [-0.39, 0.29) is 0 Å². The Balaban J connectivity index is 1.53. The fraction of sp³-hybridized carbons (Fsp3) is 0.368. The molecule has 8 heteroatoms. The number of aromatic nitrogens is 3. The Morgan fingerprint density at radius 1 is 1.22 bits per heavy atom. The molecule has 0 radical (unpaired) electrons. The Morgan fingerprint density at radius 3 is 2.70 bits per heavy atom. The maximum Gasteiger partial charge on any atom is 0.227 e. The van der Waals surface area contributed by atoms with Gasteiger partial charge in [-0.15, -0.1) is 0 Å². The van der Waals surface area contributed by atoms with E-state index in [2.05, 4.69) is 54.8 Å². The number of aliphatic hydroxyl groups is 2. The first kappa shape index (κ1) is 18.4. The lowest BCUT2D eigenvalue weighted by Gasteiger charge is -2.14. The van der Waals surface area contributed by atoms with Crippen LogP contribution in [0, 0.1) is 6.92 Å². The van der Waals surface area contributed by atoms with E-state index in [1.165, 1.54) is 5.69 Å². The number of rotatable bonds is 4. The molecule has 27 heavy (non-hydrogen) atoms. The van der Waals surface area contributed by atoms with E-state index in [1.54, 1.807) is 6.20 Å². The zero-order chi connectivity index (χ0) is 19.1. The summed E-state index contributed by atoms with van der Waals surface area (Å²) in [6.45, 7) is 3.54. The van der Waals surface area contributed by atoms with Crippen molar-refractivity contribution < 1.29 is 10.2 Å². The molecular formula is C19H22BrN5O2. The van der Waals surface area contributed by atoms with Crippen molar-refractivity contribution in [2.75, 3.05) is 18.4 Å². The van der Waals surface area contributed by atoms with Gasteiger partial charge in [0, 0.05) is 59.6 Å². The normalized spacial score (nSPS) is 20.5. The van der Waals surface area contributed by atoms with Crippen molar-refractivity contribution in [2.45, 2.75) is 25.7 Å². The molecule has 1 aliphatic heterocycles. The standard InChI is InChI=1S/C19H22BrN5O2/c1-11-18(20)14-7-12(3-4-15(14)24(11)2)22-19-21-6-5-13(23-19)8-25-9-16(26)17(27)10-25/h3-7,16-17,26-27H,8-10H2,1-2H3,(H,21,22,23). The van der Waals surface area contributed by atoms with Crippen molar-refractivity contribution in [1.82, 2.24) is 19.4 Å². The van der Waals surface area contributed by atoms with Gasteiger partial charge in [0.1, 0.15) is 0 Å². The summed E-state index contributed by atoms with van der Waals surface area (Å²) in [5, 5.41) is 23.8. The highest BCUT2D eigenvalue weighted by Crippen LogP contribution is 2.32. The number of aryl methyl sites for hydroxylation is 1. The van der Waals surface area contributed by atoms with E-state index in [0.29, 0.717) is 25.6 Å². The van der Waals surface area contributed by atoms with Gasteiger partial charge in [-0.2, -0.15) is 0 Å². The number of benzene rings is 1. The number of aliphatic hydroxyl groups excluding tert-OH is 2. The summed E-state index contributed by atoms with van der Waals surface area (Å²) in [6.07, 6.45) is 0.335. The van der Waals surface area contributed by atoms with Crippen LogP contribution in [0.5, 0.6) is 0 Å². The number of nitrogens with one attached hydrogen (secondary N) is 1. The maximum atomic E-state index is 9.68. The fourth-order valence-corrected chi connectivity index (χ4v) is 4.07. The second-order valence-electron chi connectivity index (χ2n) is 7.02. The van der Waals surface area contributed by atoms with E-state index in [0.717, 1.165) is 26.8 Å². The Bertz CT molecular complexity index is 980. The Hall–Kier alpha value is -2.00. The van der Waals surface area contributed by atoms with Crippen LogP contribution < -0.4 is 5.32 Å². The fourth-order valence-electron chi connectivity index (χ4n) is 3.48. The summed E-state index contributed by atoms with van der Waals surface area (Å²) < 4.78 is 3.24. The van der Waals surface area contributed by atoms with Gasteiger partial charge in [0.15, 0.2) is 0 Å². The number of hydrogen-bond donors (Lipinski definition) is 3. The number of halogens is 1. The molecule has 3 N–H and O–H groups in total. The molecule has 3 aromatic rings. The summed E-state index contributed by atoms with van der Waals surface area (Å²) in [4.78, 5) is 10.9. The summed E-state index contributed by atoms with van der Waals surface area (Å²) >= 11 is 3.67. The van der Waals surface area contributed by atoms with Crippen LogP contribution in [0.4, 0.5) is 11.6 Å². The molecule has 1 saturated heterocycles. The van der Waals surface area contributed by atoms with Crippen LogP contribution >= 0.6 is 15.9 Å². The topological polar surface area (TPSA) is 86.4 Å². The van der Waals surface area contributed by atoms with Gasteiger partial charge in [0.05, 0.1) is 17.9 Å². The number of β-amino-alcohol motifs (C(OH)–C–C–N with tert-alkyl or cyclic N) is 2. The van der Waals surface area contributed by atoms with Crippen molar-refractivity contribution in [3.63, 3.8) is 0 Å². The first-order valence-corrected chi connectivity index (χ1v) is 9.63. The highest BCUT2D eigenvalue weighted by molar-refractivity contribution is 9.10. The van der Waals surface area contributed by atoms with E-state index in [4.69, 9.17) is 0 Å². The minimum atomic E-state index is -0.691. The lowest BCUT2D eigenvalue weighted by Crippen LogP contribution is -2.22. The summed E-state index contributed by atoms with van der Waals surface area (Å²) in [5.74, 6) is 0.524. The molecule has 4 rings (SSSR count). The SMILES string of the molecule is Cc1c(Br)c2cc(Nc3nccc(CN4CC(O)C(O)C4)n3)ccc2n1C. The minimum absolute atomic E-state index is 0.450. The maximum absolute atomic E-state index is 9.68. The molecular weight excluding hydrogens is 410 g/mol. The van der Waals surface area contributed by atoms with Crippen LogP contribution in [0.25, 0.3) is 10.9 Å². The van der Waals surface area contributed by atoms with Crippen molar-refractivity contribution in [3.05, 3.63) is 46.3 Å². The third kappa shape index (κ3) is 3.58. The smallest absolute Gasteiger partial charge is 0.227 e. The molecule has 7 nitrogen and oxygen atoms in total. The molecule has 142 valence electrons. The monoisotopic (exact) mass is 431 g/mol. The Morgan fingerprint density at radius 2 is 1.96 bits per heavy atom. The molecule has 1 aromatic carbocycles. The van der Waals surface area contributed by atoms with Crippen LogP contribution in [-0.2, 0) is 13.6 Å². The van der Waals surface area contributed by atoms with Gasteiger partial charge in [0.25, 0.3) is 0 Å². The minimum Gasteiger partial charge on any atom is -0.389 e. The number of anilines is 2. The first-order valence-electron chi connectivity index (χ1n) is 8.84. The second-order valence-corrected chi connectivity index (χ2v) is 7.81. The van der Waals surface area contributed by atoms with Crippen molar-refractivity contribution in [1.29, 1.82) is 0 Å². The van der Waals surface area contributed by atoms with Crippen molar-refractivity contribution in [2.24, 2.45) is 7.05 Å². The van der Waals surface area contributed by atoms with Gasteiger partial charge in [-0.05, 0) is 47.1 Å². The van der Waals surface area contributed by atoms with Crippen LogP contribution in [0.15, 0.2) is 34.9 Å².